The van der Waals surface area contributed by atoms with Gasteiger partial charge in [-0.2, -0.15) is 0 Å². The predicted octanol–water partition coefficient (Wildman–Crippen LogP) is 3.53. The fraction of sp³-hybridized carbons (Fsp3) is 0.409. The Hall–Kier alpha value is -2.52. The summed E-state index contributed by atoms with van der Waals surface area (Å²) in [5, 5.41) is 6.86. The molecule has 0 bridgehead atoms. The summed E-state index contributed by atoms with van der Waals surface area (Å²) in [5.74, 6) is -1.87. The molecule has 0 saturated heterocycles. The number of hydrogen-bond acceptors (Lipinski definition) is 7. The molecule has 1 aromatic rings. The monoisotopic (exact) mass is 485 g/mol. The molecular weight excluding hydrogens is 457 g/mol. The topological polar surface area (TPSA) is 89.0 Å². The summed E-state index contributed by atoms with van der Waals surface area (Å²) < 4.78 is 24.2. The van der Waals surface area contributed by atoms with Crippen molar-refractivity contribution in [1.82, 2.24) is 10.6 Å². The van der Waals surface area contributed by atoms with Gasteiger partial charge in [0.05, 0.1) is 30.3 Å². The summed E-state index contributed by atoms with van der Waals surface area (Å²) in [6.45, 7) is 5.54. The van der Waals surface area contributed by atoms with Crippen LogP contribution in [-0.2, 0) is 19.1 Å². The van der Waals surface area contributed by atoms with Crippen LogP contribution in [0.25, 0.3) is 0 Å². The Labute approximate surface area is 198 Å². The number of carbonyl (C=O) groups excluding carboxylic acids is 2. The molecule has 1 atom stereocenters. The maximum atomic E-state index is 13.6. The summed E-state index contributed by atoms with van der Waals surface area (Å²) >= 11 is 1.40. The molecule has 2 N–H and O–H groups in total. The van der Waals surface area contributed by atoms with Gasteiger partial charge in [0.15, 0.2) is 5.17 Å². The highest BCUT2D eigenvalue weighted by atomic mass is 35.5. The Morgan fingerprint density at radius 1 is 1.12 bits per heavy atom. The third-order valence-electron chi connectivity index (χ3n) is 4.61. The van der Waals surface area contributed by atoms with E-state index in [1.807, 2.05) is 0 Å². The highest BCUT2D eigenvalue weighted by Crippen LogP contribution is 2.40. The van der Waals surface area contributed by atoms with Gasteiger partial charge in [-0.1, -0.05) is 23.9 Å². The van der Waals surface area contributed by atoms with Crippen molar-refractivity contribution in [2.45, 2.75) is 26.7 Å². The molecule has 1 unspecified atom stereocenters. The third kappa shape index (κ3) is 6.49. The molecule has 0 fully saturated rings. The Morgan fingerprint density at radius 2 is 1.69 bits per heavy atom. The smallest absolute Gasteiger partial charge is 0.336 e. The van der Waals surface area contributed by atoms with Gasteiger partial charge >= 0.3 is 11.9 Å². The lowest BCUT2D eigenvalue weighted by Crippen LogP contribution is -2.34. The van der Waals surface area contributed by atoms with Crippen molar-refractivity contribution in [2.24, 2.45) is 4.99 Å². The predicted molar refractivity (Wildman–Crippen MR) is 127 cm³/mol. The third-order valence-corrected chi connectivity index (χ3v) is 5.70. The van der Waals surface area contributed by atoms with Crippen LogP contribution in [0.4, 0.5) is 4.39 Å². The van der Waals surface area contributed by atoms with Crippen LogP contribution in [0, 0.1) is 5.82 Å². The summed E-state index contributed by atoms with van der Waals surface area (Å²) in [4.78, 5) is 30.0. The lowest BCUT2D eigenvalue weighted by Gasteiger charge is -2.31. The molecule has 0 aromatic heterocycles. The summed E-state index contributed by atoms with van der Waals surface area (Å²) in [7, 11) is 3.43. The van der Waals surface area contributed by atoms with E-state index in [0.717, 1.165) is 0 Å². The second kappa shape index (κ2) is 13.1. The largest absolute Gasteiger partial charge is 0.463 e. The molecule has 0 aliphatic carbocycles. The molecule has 1 aliphatic heterocycles. The number of benzene rings is 1. The number of dihydropyridines is 1. The van der Waals surface area contributed by atoms with Crippen molar-refractivity contribution in [3.05, 3.63) is 58.2 Å². The van der Waals surface area contributed by atoms with E-state index in [0.29, 0.717) is 39.0 Å². The van der Waals surface area contributed by atoms with Gasteiger partial charge in [-0.15, -0.1) is 12.4 Å². The molecule has 7 nitrogen and oxygen atoms in total. The van der Waals surface area contributed by atoms with E-state index in [4.69, 9.17) is 9.47 Å². The number of allylic oxidation sites excluding steroid dienone is 1. The number of halogens is 2. The van der Waals surface area contributed by atoms with Crippen molar-refractivity contribution in [1.29, 1.82) is 0 Å². The minimum atomic E-state index is -0.757. The number of amidine groups is 1. The van der Waals surface area contributed by atoms with Gasteiger partial charge in [-0.25, -0.2) is 14.0 Å². The molecule has 176 valence electrons. The number of nitrogens with one attached hydrogen (secondary N) is 2. The first-order valence-electron chi connectivity index (χ1n) is 9.95. The van der Waals surface area contributed by atoms with Gasteiger partial charge in [-0.05, 0) is 38.5 Å². The molecule has 1 aliphatic rings. The number of thioether (sulfide) groups is 1. The maximum absolute atomic E-state index is 13.6. The van der Waals surface area contributed by atoms with E-state index in [9.17, 15) is 14.0 Å². The summed E-state index contributed by atoms with van der Waals surface area (Å²) in [6, 6.07) is 5.73. The van der Waals surface area contributed by atoms with E-state index in [1.54, 1.807) is 47.0 Å². The Bertz CT molecular complexity index is 916. The van der Waals surface area contributed by atoms with E-state index >= 15 is 0 Å². The second-order valence-corrected chi connectivity index (χ2v) is 7.51. The van der Waals surface area contributed by atoms with Gasteiger partial charge in [-0.3, -0.25) is 4.99 Å². The van der Waals surface area contributed by atoms with Crippen molar-refractivity contribution in [3.63, 3.8) is 0 Å². The van der Waals surface area contributed by atoms with Gasteiger partial charge in [0.1, 0.15) is 5.82 Å². The zero-order chi connectivity index (χ0) is 23.0. The molecule has 0 saturated carbocycles. The Morgan fingerprint density at radius 3 is 2.19 bits per heavy atom. The number of esters is 2. The van der Waals surface area contributed by atoms with Crippen molar-refractivity contribution < 1.29 is 23.5 Å². The average molecular weight is 486 g/mol. The number of rotatable bonds is 7. The van der Waals surface area contributed by atoms with E-state index in [-0.39, 0.29) is 25.6 Å². The van der Waals surface area contributed by atoms with Crippen molar-refractivity contribution in [3.8, 4) is 0 Å². The first-order chi connectivity index (χ1) is 14.9. The Balaban J connectivity index is 0.00000512. The molecule has 32 heavy (non-hydrogen) atoms. The molecule has 0 amide bonds. The number of nitrogens with zero attached hydrogens (tertiary/aromatic N) is 1. The molecule has 0 spiro atoms. The van der Waals surface area contributed by atoms with Crippen LogP contribution >= 0.6 is 24.2 Å². The van der Waals surface area contributed by atoms with Gasteiger partial charge in [0.2, 0.25) is 0 Å². The fourth-order valence-corrected chi connectivity index (χ4v) is 4.10. The number of carbonyl (C=O) groups is 2. The lowest BCUT2D eigenvalue weighted by molar-refractivity contribution is -0.139. The van der Waals surface area contributed by atoms with E-state index in [1.165, 1.54) is 23.9 Å². The summed E-state index contributed by atoms with van der Waals surface area (Å²) in [5.41, 5.74) is 2.34. The van der Waals surface area contributed by atoms with Crippen LogP contribution in [0.5, 0.6) is 0 Å². The average Bonchev–Trinajstić information content (AvgIpc) is 2.74. The minimum absolute atomic E-state index is 0. The van der Waals surface area contributed by atoms with Crippen LogP contribution < -0.4 is 10.6 Å². The Kier molecular flexibility index (Phi) is 11.3. The van der Waals surface area contributed by atoms with Crippen LogP contribution in [0.3, 0.4) is 0 Å². The van der Waals surface area contributed by atoms with Crippen LogP contribution in [0.2, 0.25) is 0 Å². The maximum Gasteiger partial charge on any atom is 0.336 e. The zero-order valence-electron chi connectivity index (χ0n) is 18.8. The minimum Gasteiger partial charge on any atom is -0.463 e. The van der Waals surface area contributed by atoms with E-state index < -0.39 is 23.7 Å². The number of aliphatic imine (C=N–C) groups is 1. The normalized spacial score (nSPS) is 16.2. The van der Waals surface area contributed by atoms with Gasteiger partial charge in [0.25, 0.3) is 0 Å². The zero-order valence-corrected chi connectivity index (χ0v) is 20.4. The first kappa shape index (κ1) is 27.5. The van der Waals surface area contributed by atoms with Gasteiger partial charge in [0, 0.05) is 31.2 Å². The van der Waals surface area contributed by atoms with Crippen molar-refractivity contribution in [2.75, 3.05) is 33.1 Å². The molecule has 0 radical (unpaired) electrons. The highest BCUT2D eigenvalue weighted by Gasteiger charge is 2.38. The SMILES string of the molecule is CCOC(=O)C1=C(C)NC(CS/C(=N/C)NC)=C(C(=O)OCC)C1c1ccc(F)cc1.Cl. The fourth-order valence-electron chi connectivity index (χ4n) is 3.32. The lowest BCUT2D eigenvalue weighted by atomic mass is 9.80. The quantitative estimate of drug-likeness (QED) is 0.347. The van der Waals surface area contributed by atoms with Gasteiger partial charge < -0.3 is 20.1 Å². The molecule has 1 aromatic carbocycles. The van der Waals surface area contributed by atoms with Crippen LogP contribution in [0.15, 0.2) is 51.8 Å². The van der Waals surface area contributed by atoms with Crippen LogP contribution in [0.1, 0.15) is 32.3 Å². The van der Waals surface area contributed by atoms with Crippen LogP contribution in [-0.4, -0.2) is 50.2 Å². The first-order valence-corrected chi connectivity index (χ1v) is 10.9. The van der Waals surface area contributed by atoms with Crippen molar-refractivity contribution >= 4 is 41.3 Å². The molecular formula is C22H29ClFN3O4S. The number of ether oxygens (including phenoxy) is 2. The molecule has 10 heteroatoms. The summed E-state index contributed by atoms with van der Waals surface area (Å²) in [6.07, 6.45) is 0. The van der Waals surface area contributed by atoms with E-state index in [2.05, 4.69) is 15.6 Å². The standard InChI is InChI=1S/C22H28FN3O4S.ClH/c1-6-29-20(27)17-13(3)26-16(12-31-22(24-4)25-5)19(21(28)30-7-2)18(17)14-8-10-15(23)11-9-14;/h8-11,18,26H,6-7,12H2,1-5H3,(H,24,25);1H. The molecule has 1 heterocycles. The molecule has 2 rings (SSSR count). The number of hydrogen-bond donors (Lipinski definition) is 2. The second-order valence-electron chi connectivity index (χ2n) is 6.55. The highest BCUT2D eigenvalue weighted by molar-refractivity contribution is 8.13.